The number of hydrogen-bond donors (Lipinski definition) is 1. The number of nitrogens with zero attached hydrogens (tertiary/aromatic N) is 2. The SMILES string of the molecule is O=C(NN=C1CCSc2ccccc21)c1ccncc1. The highest BCUT2D eigenvalue weighted by Gasteiger charge is 2.15. The average molecular weight is 283 g/mol. The van der Waals surface area contributed by atoms with Gasteiger partial charge in [0.2, 0.25) is 0 Å². The first kappa shape index (κ1) is 12.9. The number of rotatable bonds is 2. The van der Waals surface area contributed by atoms with Crippen molar-refractivity contribution in [3.8, 4) is 0 Å². The molecular weight excluding hydrogens is 270 g/mol. The zero-order valence-corrected chi connectivity index (χ0v) is 11.6. The molecule has 1 amide bonds. The molecular formula is C15H13N3OS. The van der Waals surface area contributed by atoms with E-state index in [9.17, 15) is 4.79 Å². The minimum absolute atomic E-state index is 0.212. The van der Waals surface area contributed by atoms with Crippen LogP contribution in [-0.2, 0) is 0 Å². The molecule has 0 fully saturated rings. The molecule has 0 bridgehead atoms. The first-order valence-electron chi connectivity index (χ1n) is 6.34. The van der Waals surface area contributed by atoms with Gasteiger partial charge in [-0.05, 0) is 18.2 Å². The van der Waals surface area contributed by atoms with Crippen LogP contribution in [-0.4, -0.2) is 22.4 Å². The molecule has 1 aromatic heterocycles. The van der Waals surface area contributed by atoms with Crippen molar-refractivity contribution < 1.29 is 4.79 Å². The molecule has 0 atom stereocenters. The number of hydrazone groups is 1. The molecule has 2 heterocycles. The van der Waals surface area contributed by atoms with Gasteiger partial charge in [-0.1, -0.05) is 18.2 Å². The highest BCUT2D eigenvalue weighted by Crippen LogP contribution is 2.29. The summed E-state index contributed by atoms with van der Waals surface area (Å²) in [7, 11) is 0. The number of aromatic nitrogens is 1. The lowest BCUT2D eigenvalue weighted by atomic mass is 10.1. The van der Waals surface area contributed by atoms with Gasteiger partial charge >= 0.3 is 0 Å². The lowest BCUT2D eigenvalue weighted by molar-refractivity contribution is 0.0954. The van der Waals surface area contributed by atoms with E-state index in [1.807, 2.05) is 30.0 Å². The van der Waals surface area contributed by atoms with Gasteiger partial charge < -0.3 is 0 Å². The molecule has 0 unspecified atom stereocenters. The Labute approximate surface area is 121 Å². The second kappa shape index (κ2) is 5.88. The Morgan fingerprint density at radius 1 is 1.20 bits per heavy atom. The Balaban J connectivity index is 1.79. The van der Waals surface area contributed by atoms with Crippen molar-refractivity contribution in [2.24, 2.45) is 5.10 Å². The van der Waals surface area contributed by atoms with Crippen LogP contribution in [0.1, 0.15) is 22.3 Å². The van der Waals surface area contributed by atoms with E-state index >= 15 is 0 Å². The fourth-order valence-electron chi connectivity index (χ4n) is 2.03. The van der Waals surface area contributed by atoms with Gasteiger partial charge in [0.05, 0.1) is 5.71 Å². The van der Waals surface area contributed by atoms with E-state index in [1.165, 1.54) is 4.90 Å². The first-order valence-corrected chi connectivity index (χ1v) is 7.32. The van der Waals surface area contributed by atoms with Crippen molar-refractivity contribution in [2.75, 3.05) is 5.75 Å². The minimum atomic E-state index is -0.212. The largest absolute Gasteiger partial charge is 0.271 e. The van der Waals surface area contributed by atoms with Crippen molar-refractivity contribution in [1.82, 2.24) is 10.4 Å². The molecule has 4 nitrogen and oxygen atoms in total. The fraction of sp³-hybridized carbons (Fsp3) is 0.133. The molecule has 1 aliphatic rings. The van der Waals surface area contributed by atoms with Gasteiger partial charge in [0, 0.05) is 40.6 Å². The number of nitrogens with one attached hydrogen (secondary N) is 1. The molecule has 2 aromatic rings. The standard InChI is InChI=1S/C15H13N3OS/c19-15(11-5-8-16-9-6-11)18-17-13-7-10-20-14-4-2-1-3-12(13)14/h1-6,8-9H,7,10H2,(H,18,19). The topological polar surface area (TPSA) is 54.4 Å². The molecule has 0 spiro atoms. The van der Waals surface area contributed by atoms with Crippen molar-refractivity contribution in [3.05, 3.63) is 59.9 Å². The number of pyridine rings is 1. The Morgan fingerprint density at radius 2 is 2.00 bits per heavy atom. The number of amides is 1. The number of carbonyl (C=O) groups is 1. The second-order valence-electron chi connectivity index (χ2n) is 4.33. The molecule has 100 valence electrons. The molecule has 1 aromatic carbocycles. The number of fused-ring (bicyclic) bond motifs is 1. The van der Waals surface area contributed by atoms with Crippen LogP contribution >= 0.6 is 11.8 Å². The van der Waals surface area contributed by atoms with Gasteiger partial charge in [0.25, 0.3) is 5.91 Å². The number of thioether (sulfide) groups is 1. The van der Waals surface area contributed by atoms with E-state index in [4.69, 9.17) is 0 Å². The van der Waals surface area contributed by atoms with Gasteiger partial charge in [-0.3, -0.25) is 9.78 Å². The van der Waals surface area contributed by atoms with Crippen LogP contribution in [0, 0.1) is 0 Å². The maximum absolute atomic E-state index is 11.9. The van der Waals surface area contributed by atoms with Gasteiger partial charge in [-0.25, -0.2) is 5.43 Å². The number of carbonyl (C=O) groups excluding carboxylic acids is 1. The van der Waals surface area contributed by atoms with E-state index in [2.05, 4.69) is 21.6 Å². The summed E-state index contributed by atoms with van der Waals surface area (Å²) in [5.41, 5.74) is 5.22. The molecule has 1 N–H and O–H groups in total. The average Bonchev–Trinajstić information content (AvgIpc) is 2.53. The van der Waals surface area contributed by atoms with E-state index in [1.54, 1.807) is 24.5 Å². The maximum atomic E-state index is 11.9. The first-order chi connectivity index (χ1) is 9.84. The fourth-order valence-corrected chi connectivity index (χ4v) is 3.06. The summed E-state index contributed by atoms with van der Waals surface area (Å²) in [6.07, 6.45) is 4.04. The molecule has 0 saturated heterocycles. The summed E-state index contributed by atoms with van der Waals surface area (Å²) >= 11 is 1.82. The van der Waals surface area contributed by atoms with Crippen molar-refractivity contribution in [1.29, 1.82) is 0 Å². The smallest absolute Gasteiger partial charge is 0.267 e. The number of benzene rings is 1. The molecule has 0 saturated carbocycles. The lowest BCUT2D eigenvalue weighted by Gasteiger charge is -2.16. The third-order valence-electron chi connectivity index (χ3n) is 3.03. The summed E-state index contributed by atoms with van der Waals surface area (Å²) in [6.45, 7) is 0. The summed E-state index contributed by atoms with van der Waals surface area (Å²) in [5, 5.41) is 4.28. The summed E-state index contributed by atoms with van der Waals surface area (Å²) in [5.74, 6) is 0.775. The van der Waals surface area contributed by atoms with Crippen LogP contribution in [0.3, 0.4) is 0 Å². The minimum Gasteiger partial charge on any atom is -0.267 e. The van der Waals surface area contributed by atoms with E-state index in [0.717, 1.165) is 23.4 Å². The molecule has 3 rings (SSSR count). The Kier molecular flexibility index (Phi) is 3.78. The molecule has 0 aliphatic carbocycles. The van der Waals surface area contributed by atoms with Crippen LogP contribution in [0.5, 0.6) is 0 Å². The van der Waals surface area contributed by atoms with E-state index in [0.29, 0.717) is 5.56 Å². The van der Waals surface area contributed by atoms with Crippen molar-refractivity contribution in [3.63, 3.8) is 0 Å². The van der Waals surface area contributed by atoms with Gasteiger partial charge in [0.15, 0.2) is 0 Å². The second-order valence-corrected chi connectivity index (χ2v) is 5.47. The highest BCUT2D eigenvalue weighted by atomic mass is 32.2. The van der Waals surface area contributed by atoms with Crippen LogP contribution in [0.25, 0.3) is 0 Å². The third-order valence-corrected chi connectivity index (χ3v) is 4.10. The van der Waals surface area contributed by atoms with Crippen molar-refractivity contribution in [2.45, 2.75) is 11.3 Å². The quantitative estimate of drug-likeness (QED) is 0.862. The van der Waals surface area contributed by atoms with Crippen molar-refractivity contribution >= 4 is 23.4 Å². The third kappa shape index (κ3) is 2.72. The summed E-state index contributed by atoms with van der Waals surface area (Å²) in [6, 6.07) is 11.5. The maximum Gasteiger partial charge on any atom is 0.271 e. The normalized spacial score (nSPS) is 15.7. The Bertz CT molecular complexity index is 655. The molecule has 5 heteroatoms. The Morgan fingerprint density at radius 3 is 2.85 bits per heavy atom. The Hall–Kier alpha value is -2.14. The van der Waals surface area contributed by atoms with Gasteiger partial charge in [-0.15, -0.1) is 11.8 Å². The van der Waals surface area contributed by atoms with Crippen LogP contribution in [0.4, 0.5) is 0 Å². The van der Waals surface area contributed by atoms with Gasteiger partial charge in [0.1, 0.15) is 0 Å². The van der Waals surface area contributed by atoms with Crippen LogP contribution in [0.2, 0.25) is 0 Å². The molecule has 1 aliphatic heterocycles. The monoisotopic (exact) mass is 283 g/mol. The van der Waals surface area contributed by atoms with Crippen LogP contribution in [0.15, 0.2) is 58.8 Å². The predicted molar refractivity (Wildman–Crippen MR) is 80.0 cm³/mol. The molecule has 0 radical (unpaired) electrons. The molecule has 20 heavy (non-hydrogen) atoms. The zero-order valence-electron chi connectivity index (χ0n) is 10.7. The lowest BCUT2D eigenvalue weighted by Crippen LogP contribution is -2.21. The van der Waals surface area contributed by atoms with Gasteiger partial charge in [-0.2, -0.15) is 5.10 Å². The zero-order chi connectivity index (χ0) is 13.8. The number of hydrogen-bond acceptors (Lipinski definition) is 4. The van der Waals surface area contributed by atoms with E-state index in [-0.39, 0.29) is 5.91 Å². The summed E-state index contributed by atoms with van der Waals surface area (Å²) in [4.78, 5) is 17.1. The highest BCUT2D eigenvalue weighted by molar-refractivity contribution is 7.99. The predicted octanol–water partition coefficient (Wildman–Crippen LogP) is 2.71. The summed E-state index contributed by atoms with van der Waals surface area (Å²) < 4.78 is 0. The van der Waals surface area contributed by atoms with E-state index < -0.39 is 0 Å². The van der Waals surface area contributed by atoms with Crippen LogP contribution < -0.4 is 5.43 Å².